The van der Waals surface area contributed by atoms with E-state index in [1.807, 2.05) is 0 Å². The lowest BCUT2D eigenvalue weighted by Crippen LogP contribution is -2.40. The average Bonchev–Trinajstić information content (AvgIpc) is 2.86. The zero-order valence-corrected chi connectivity index (χ0v) is 12.9. The Labute approximate surface area is 122 Å². The molecule has 0 amide bonds. The number of fused-ring (bicyclic) bond motifs is 1. The molecule has 0 saturated carbocycles. The summed E-state index contributed by atoms with van der Waals surface area (Å²) < 4.78 is 5.95. The van der Waals surface area contributed by atoms with E-state index < -0.39 is 0 Å². The van der Waals surface area contributed by atoms with Crippen LogP contribution in [0.1, 0.15) is 37.8 Å². The van der Waals surface area contributed by atoms with Crippen LogP contribution in [0.15, 0.2) is 18.2 Å². The number of benzene rings is 1. The van der Waals surface area contributed by atoms with Crippen molar-refractivity contribution in [1.82, 2.24) is 5.32 Å². The molecule has 1 heterocycles. The molecule has 1 aliphatic heterocycles. The second-order valence-electron chi connectivity index (χ2n) is 6.05. The largest absolute Gasteiger partial charge is 0.488 e. The Hall–Kier alpha value is -1.06. The summed E-state index contributed by atoms with van der Waals surface area (Å²) in [5.74, 6) is 1.03. The van der Waals surface area contributed by atoms with Crippen molar-refractivity contribution in [3.8, 4) is 5.75 Å². The van der Waals surface area contributed by atoms with Crippen LogP contribution >= 0.6 is 0 Å². The van der Waals surface area contributed by atoms with Crippen molar-refractivity contribution in [2.75, 3.05) is 19.7 Å². The molecule has 0 saturated heterocycles. The summed E-state index contributed by atoms with van der Waals surface area (Å²) in [4.78, 5) is 0. The van der Waals surface area contributed by atoms with Crippen LogP contribution in [0.5, 0.6) is 5.75 Å². The molecule has 3 heteroatoms. The second kappa shape index (κ2) is 6.59. The molecule has 0 spiro atoms. The van der Waals surface area contributed by atoms with E-state index in [-0.39, 0.29) is 18.1 Å². The van der Waals surface area contributed by atoms with Crippen LogP contribution in [0, 0.1) is 12.3 Å². The third-order valence-corrected chi connectivity index (χ3v) is 4.66. The molecule has 1 unspecified atom stereocenters. The highest BCUT2D eigenvalue weighted by atomic mass is 16.5. The number of aliphatic hydroxyl groups is 1. The summed E-state index contributed by atoms with van der Waals surface area (Å²) in [7, 11) is 0. The molecule has 1 aromatic carbocycles. The van der Waals surface area contributed by atoms with Gasteiger partial charge in [-0.3, -0.25) is 0 Å². The number of rotatable bonds is 7. The van der Waals surface area contributed by atoms with Crippen LogP contribution in [0.4, 0.5) is 0 Å². The summed E-state index contributed by atoms with van der Waals surface area (Å²) in [5.41, 5.74) is 2.62. The lowest BCUT2D eigenvalue weighted by Gasteiger charge is -2.30. The van der Waals surface area contributed by atoms with Gasteiger partial charge in [-0.1, -0.05) is 31.5 Å². The fourth-order valence-electron chi connectivity index (χ4n) is 2.84. The van der Waals surface area contributed by atoms with E-state index in [2.05, 4.69) is 44.3 Å². The Kier molecular flexibility index (Phi) is 5.06. The van der Waals surface area contributed by atoms with E-state index in [9.17, 15) is 5.11 Å². The summed E-state index contributed by atoms with van der Waals surface area (Å²) in [5, 5.41) is 13.1. The number of nitrogens with one attached hydrogen (secondary N) is 1. The van der Waals surface area contributed by atoms with Crippen molar-refractivity contribution >= 4 is 0 Å². The normalized spacial score (nSPS) is 17.9. The zero-order valence-electron chi connectivity index (χ0n) is 12.9. The van der Waals surface area contributed by atoms with Crippen molar-refractivity contribution in [2.45, 2.75) is 46.1 Å². The minimum absolute atomic E-state index is 0.0159. The Morgan fingerprint density at radius 1 is 1.35 bits per heavy atom. The first-order valence-corrected chi connectivity index (χ1v) is 7.70. The van der Waals surface area contributed by atoms with E-state index >= 15 is 0 Å². The predicted molar refractivity (Wildman–Crippen MR) is 82.3 cm³/mol. The zero-order chi connectivity index (χ0) is 14.6. The van der Waals surface area contributed by atoms with Crippen LogP contribution in [0.25, 0.3) is 0 Å². The van der Waals surface area contributed by atoms with Crippen molar-refractivity contribution in [2.24, 2.45) is 5.41 Å². The van der Waals surface area contributed by atoms with E-state index in [0.717, 1.165) is 38.1 Å². The lowest BCUT2D eigenvalue weighted by molar-refractivity contribution is 0.108. The van der Waals surface area contributed by atoms with Gasteiger partial charge in [-0.15, -0.1) is 0 Å². The Bertz CT molecular complexity index is 432. The number of hydrogen-bond acceptors (Lipinski definition) is 3. The molecule has 0 fully saturated rings. The maximum Gasteiger partial charge on any atom is 0.123 e. The molecule has 1 aliphatic rings. The van der Waals surface area contributed by atoms with Gasteiger partial charge in [0.15, 0.2) is 0 Å². The van der Waals surface area contributed by atoms with Gasteiger partial charge < -0.3 is 15.2 Å². The van der Waals surface area contributed by atoms with Crippen LogP contribution < -0.4 is 10.1 Å². The quantitative estimate of drug-likeness (QED) is 0.805. The molecule has 3 nitrogen and oxygen atoms in total. The minimum Gasteiger partial charge on any atom is -0.488 e. The predicted octanol–water partition coefficient (Wildman–Crippen LogP) is 2.69. The monoisotopic (exact) mass is 277 g/mol. The van der Waals surface area contributed by atoms with Gasteiger partial charge in [0.2, 0.25) is 0 Å². The van der Waals surface area contributed by atoms with Crippen molar-refractivity contribution in [3.05, 3.63) is 29.3 Å². The van der Waals surface area contributed by atoms with E-state index in [0.29, 0.717) is 0 Å². The lowest BCUT2D eigenvalue weighted by atomic mass is 9.83. The molecule has 0 aliphatic carbocycles. The van der Waals surface area contributed by atoms with Gasteiger partial charge in [0, 0.05) is 31.5 Å². The molecule has 0 aromatic heterocycles. The maximum absolute atomic E-state index is 9.57. The van der Waals surface area contributed by atoms with Crippen LogP contribution in [0.2, 0.25) is 0 Å². The smallest absolute Gasteiger partial charge is 0.123 e. The van der Waals surface area contributed by atoms with Gasteiger partial charge in [0.25, 0.3) is 0 Å². The summed E-state index contributed by atoms with van der Waals surface area (Å²) >= 11 is 0. The van der Waals surface area contributed by atoms with Crippen molar-refractivity contribution in [3.63, 3.8) is 0 Å². The molecule has 2 N–H and O–H groups in total. The number of aliphatic hydroxyl groups excluding tert-OH is 1. The van der Waals surface area contributed by atoms with Gasteiger partial charge in [0.1, 0.15) is 11.9 Å². The molecule has 112 valence electrons. The molecule has 20 heavy (non-hydrogen) atoms. The van der Waals surface area contributed by atoms with Gasteiger partial charge >= 0.3 is 0 Å². The summed E-state index contributed by atoms with van der Waals surface area (Å²) in [6, 6.07) is 6.38. The van der Waals surface area contributed by atoms with Gasteiger partial charge in [-0.05, 0) is 31.4 Å². The van der Waals surface area contributed by atoms with Crippen molar-refractivity contribution in [1.29, 1.82) is 0 Å². The second-order valence-corrected chi connectivity index (χ2v) is 6.05. The first kappa shape index (κ1) is 15.3. The fraction of sp³-hybridized carbons (Fsp3) is 0.647. The van der Waals surface area contributed by atoms with Gasteiger partial charge in [-0.2, -0.15) is 0 Å². The molecule has 0 radical (unpaired) electrons. The van der Waals surface area contributed by atoms with E-state index in [1.54, 1.807) is 0 Å². The molecule has 1 aromatic rings. The standard InChI is InChI=1S/C17H27NO2/c1-4-17(5-2,12-19)11-18-10-15-9-14-8-13(3)6-7-16(14)20-15/h6-8,15,18-19H,4-5,9-12H2,1-3H3. The van der Waals surface area contributed by atoms with Crippen LogP contribution in [0.3, 0.4) is 0 Å². The minimum atomic E-state index is 0.0159. The van der Waals surface area contributed by atoms with Crippen LogP contribution in [-0.2, 0) is 6.42 Å². The number of aryl methyl sites for hydroxylation is 1. The number of hydrogen-bond donors (Lipinski definition) is 2. The fourth-order valence-corrected chi connectivity index (χ4v) is 2.84. The molecular weight excluding hydrogens is 250 g/mol. The average molecular weight is 277 g/mol. The highest BCUT2D eigenvalue weighted by Gasteiger charge is 2.27. The molecular formula is C17H27NO2. The summed E-state index contributed by atoms with van der Waals surface area (Å²) in [6.45, 7) is 8.35. The maximum atomic E-state index is 9.57. The van der Waals surface area contributed by atoms with Gasteiger partial charge in [0.05, 0.1) is 0 Å². The summed E-state index contributed by atoms with van der Waals surface area (Å²) in [6.07, 6.45) is 3.20. The van der Waals surface area contributed by atoms with Crippen LogP contribution in [-0.4, -0.2) is 30.9 Å². The number of ether oxygens (including phenoxy) is 1. The molecule has 1 atom stereocenters. The topological polar surface area (TPSA) is 41.5 Å². The Morgan fingerprint density at radius 2 is 2.10 bits per heavy atom. The van der Waals surface area contributed by atoms with Gasteiger partial charge in [-0.25, -0.2) is 0 Å². The SMILES string of the molecule is CCC(CC)(CO)CNCC1Cc2cc(C)ccc2O1. The Morgan fingerprint density at radius 3 is 2.75 bits per heavy atom. The highest BCUT2D eigenvalue weighted by molar-refractivity contribution is 5.40. The first-order valence-electron chi connectivity index (χ1n) is 7.70. The molecule has 2 rings (SSSR count). The Balaban J connectivity index is 1.83. The third-order valence-electron chi connectivity index (χ3n) is 4.66. The molecule has 0 bridgehead atoms. The highest BCUT2D eigenvalue weighted by Crippen LogP contribution is 2.29. The van der Waals surface area contributed by atoms with Crippen molar-refractivity contribution < 1.29 is 9.84 Å². The first-order chi connectivity index (χ1) is 9.62. The third kappa shape index (κ3) is 3.33. The van der Waals surface area contributed by atoms with E-state index in [4.69, 9.17) is 4.74 Å². The van der Waals surface area contributed by atoms with E-state index in [1.165, 1.54) is 11.1 Å².